The van der Waals surface area contributed by atoms with Crippen LogP contribution in [0.3, 0.4) is 0 Å². The van der Waals surface area contributed by atoms with Gasteiger partial charge in [-0.25, -0.2) is 9.97 Å². The van der Waals surface area contributed by atoms with Crippen LogP contribution >= 0.6 is 0 Å². The number of unbranched alkanes of at least 4 members (excludes halogenated alkanes) is 1. The number of carbonyl (C=O) groups is 2. The third-order valence-corrected chi connectivity index (χ3v) is 4.22. The van der Waals surface area contributed by atoms with Crippen molar-refractivity contribution in [3.8, 4) is 11.3 Å². The summed E-state index contributed by atoms with van der Waals surface area (Å²) < 4.78 is 1.68. The Balaban J connectivity index is 2.17. The van der Waals surface area contributed by atoms with Crippen LogP contribution in [0.1, 0.15) is 40.7 Å². The Bertz CT molecular complexity index is 949. The predicted octanol–water partition coefficient (Wildman–Crippen LogP) is 2.37. The van der Waals surface area contributed by atoms with E-state index in [0.717, 1.165) is 24.1 Å². The van der Waals surface area contributed by atoms with Gasteiger partial charge in [-0.05, 0) is 18.1 Å². The lowest BCUT2D eigenvalue weighted by Crippen LogP contribution is -2.28. The van der Waals surface area contributed by atoms with Crippen LogP contribution in [0.2, 0.25) is 0 Å². The van der Waals surface area contributed by atoms with Gasteiger partial charge in [-0.1, -0.05) is 43.7 Å². The Morgan fingerprint density at radius 1 is 1.23 bits per heavy atom. The van der Waals surface area contributed by atoms with E-state index in [9.17, 15) is 9.59 Å². The first-order valence-corrected chi connectivity index (χ1v) is 8.51. The van der Waals surface area contributed by atoms with Gasteiger partial charge in [-0.15, -0.1) is 0 Å². The van der Waals surface area contributed by atoms with Gasteiger partial charge < -0.3 is 10.6 Å². The number of benzene rings is 1. The largest absolute Gasteiger partial charge is 0.364 e. The van der Waals surface area contributed by atoms with Crippen molar-refractivity contribution in [1.29, 1.82) is 0 Å². The number of primary amides is 1. The number of aromatic nitrogens is 3. The summed E-state index contributed by atoms with van der Waals surface area (Å²) >= 11 is 0. The van der Waals surface area contributed by atoms with E-state index in [1.807, 2.05) is 30.3 Å². The fourth-order valence-corrected chi connectivity index (χ4v) is 2.78. The summed E-state index contributed by atoms with van der Waals surface area (Å²) in [6.45, 7) is 2.71. The zero-order valence-corrected chi connectivity index (χ0v) is 14.8. The molecule has 3 rings (SSSR count). The standard InChI is InChI=1S/C19H21N5O2/c1-3-4-10-23(2)19(26)14-11-15(13-8-6-5-7-9-13)24-12-21-16(17(20)25)18(24)22-14/h5-9,11-12H,3-4,10H2,1-2H3,(H2,20,25). The van der Waals surface area contributed by atoms with Crippen molar-refractivity contribution in [3.63, 3.8) is 0 Å². The summed E-state index contributed by atoms with van der Waals surface area (Å²) in [5, 5.41) is 0. The van der Waals surface area contributed by atoms with Gasteiger partial charge in [0.25, 0.3) is 11.8 Å². The summed E-state index contributed by atoms with van der Waals surface area (Å²) in [5.41, 5.74) is 7.62. The van der Waals surface area contributed by atoms with E-state index in [1.54, 1.807) is 22.4 Å². The second-order valence-electron chi connectivity index (χ2n) is 6.12. The van der Waals surface area contributed by atoms with Crippen LogP contribution in [0.4, 0.5) is 0 Å². The van der Waals surface area contributed by atoms with Gasteiger partial charge in [-0.2, -0.15) is 0 Å². The molecular formula is C19H21N5O2. The maximum atomic E-state index is 12.8. The van der Waals surface area contributed by atoms with Crippen molar-refractivity contribution in [1.82, 2.24) is 19.3 Å². The molecule has 0 unspecified atom stereocenters. The van der Waals surface area contributed by atoms with Gasteiger partial charge in [0.1, 0.15) is 12.0 Å². The molecule has 1 aromatic carbocycles. The van der Waals surface area contributed by atoms with Crippen molar-refractivity contribution < 1.29 is 9.59 Å². The van der Waals surface area contributed by atoms with Crippen LogP contribution in [0.15, 0.2) is 42.7 Å². The first-order valence-electron chi connectivity index (χ1n) is 8.51. The van der Waals surface area contributed by atoms with Crippen LogP contribution in [-0.4, -0.2) is 44.7 Å². The highest BCUT2D eigenvalue weighted by atomic mass is 16.2. The lowest BCUT2D eigenvalue weighted by atomic mass is 10.1. The number of carbonyl (C=O) groups excluding carboxylic acids is 2. The van der Waals surface area contributed by atoms with Crippen LogP contribution < -0.4 is 5.73 Å². The highest BCUT2D eigenvalue weighted by Crippen LogP contribution is 2.23. The molecule has 0 radical (unpaired) electrons. The number of nitrogens with two attached hydrogens (primary N) is 1. The van der Waals surface area contributed by atoms with Gasteiger partial charge in [0.2, 0.25) is 0 Å². The van der Waals surface area contributed by atoms with Crippen molar-refractivity contribution in [2.75, 3.05) is 13.6 Å². The molecule has 0 aliphatic rings. The molecule has 2 heterocycles. The Labute approximate surface area is 151 Å². The number of amides is 2. The average molecular weight is 351 g/mol. The molecule has 7 heteroatoms. The summed E-state index contributed by atoms with van der Waals surface area (Å²) in [5.74, 6) is -0.877. The Morgan fingerprint density at radius 3 is 2.62 bits per heavy atom. The molecule has 2 aromatic heterocycles. The van der Waals surface area contributed by atoms with Gasteiger partial charge >= 0.3 is 0 Å². The van der Waals surface area contributed by atoms with Crippen molar-refractivity contribution >= 4 is 17.5 Å². The minimum Gasteiger partial charge on any atom is -0.364 e. The molecule has 26 heavy (non-hydrogen) atoms. The van der Waals surface area contributed by atoms with E-state index < -0.39 is 5.91 Å². The zero-order valence-electron chi connectivity index (χ0n) is 14.8. The van der Waals surface area contributed by atoms with E-state index in [0.29, 0.717) is 6.54 Å². The van der Waals surface area contributed by atoms with Gasteiger partial charge in [0.05, 0.1) is 5.69 Å². The smallest absolute Gasteiger partial charge is 0.272 e. The summed E-state index contributed by atoms with van der Waals surface area (Å²) in [7, 11) is 1.75. The highest BCUT2D eigenvalue weighted by molar-refractivity contribution is 5.99. The monoisotopic (exact) mass is 351 g/mol. The van der Waals surface area contributed by atoms with Gasteiger partial charge in [0.15, 0.2) is 11.3 Å². The van der Waals surface area contributed by atoms with E-state index in [1.165, 1.54) is 6.33 Å². The maximum absolute atomic E-state index is 12.8. The summed E-state index contributed by atoms with van der Waals surface area (Å²) in [6.07, 6.45) is 3.41. The second-order valence-corrected chi connectivity index (χ2v) is 6.12. The third-order valence-electron chi connectivity index (χ3n) is 4.22. The number of fused-ring (bicyclic) bond motifs is 1. The molecule has 0 aliphatic heterocycles. The van der Waals surface area contributed by atoms with E-state index in [-0.39, 0.29) is 22.9 Å². The van der Waals surface area contributed by atoms with Gasteiger partial charge in [-0.3, -0.25) is 14.0 Å². The molecule has 0 spiro atoms. The number of nitrogens with zero attached hydrogens (tertiary/aromatic N) is 4. The third kappa shape index (κ3) is 3.28. The molecule has 0 fully saturated rings. The quantitative estimate of drug-likeness (QED) is 0.738. The Morgan fingerprint density at radius 2 is 1.96 bits per heavy atom. The van der Waals surface area contributed by atoms with Crippen LogP contribution in [0, 0.1) is 0 Å². The van der Waals surface area contributed by atoms with Crippen LogP contribution in [-0.2, 0) is 0 Å². The fourth-order valence-electron chi connectivity index (χ4n) is 2.78. The molecule has 0 saturated carbocycles. The maximum Gasteiger partial charge on any atom is 0.272 e. The van der Waals surface area contributed by atoms with E-state index in [2.05, 4.69) is 16.9 Å². The molecule has 0 aliphatic carbocycles. The van der Waals surface area contributed by atoms with Crippen molar-refractivity contribution in [2.24, 2.45) is 5.73 Å². The second kappa shape index (κ2) is 7.35. The van der Waals surface area contributed by atoms with Crippen LogP contribution in [0.5, 0.6) is 0 Å². The SMILES string of the molecule is CCCCN(C)C(=O)c1cc(-c2ccccc2)n2cnc(C(N)=O)c2n1. The zero-order chi connectivity index (χ0) is 18.7. The van der Waals surface area contributed by atoms with Gasteiger partial charge in [0, 0.05) is 13.6 Å². The molecule has 2 N–H and O–H groups in total. The molecule has 3 aromatic rings. The number of hydrogen-bond donors (Lipinski definition) is 1. The minimum absolute atomic E-state index is 0.0491. The average Bonchev–Trinajstić information content (AvgIpc) is 3.09. The van der Waals surface area contributed by atoms with E-state index in [4.69, 9.17) is 5.73 Å². The lowest BCUT2D eigenvalue weighted by Gasteiger charge is -2.17. The molecule has 134 valence electrons. The molecule has 0 saturated heterocycles. The van der Waals surface area contributed by atoms with Crippen molar-refractivity contribution in [3.05, 3.63) is 54.1 Å². The molecule has 0 bridgehead atoms. The normalized spacial score (nSPS) is 10.8. The summed E-state index contributed by atoms with van der Waals surface area (Å²) in [4.78, 5) is 34.6. The Hall–Kier alpha value is -3.22. The number of rotatable bonds is 6. The molecule has 2 amide bonds. The fraction of sp³-hybridized carbons (Fsp3) is 0.263. The molecular weight excluding hydrogens is 330 g/mol. The molecule has 0 atom stereocenters. The minimum atomic E-state index is -0.678. The molecule has 7 nitrogen and oxygen atoms in total. The van der Waals surface area contributed by atoms with Crippen molar-refractivity contribution in [2.45, 2.75) is 19.8 Å². The van der Waals surface area contributed by atoms with E-state index >= 15 is 0 Å². The first kappa shape index (κ1) is 17.6. The Kier molecular flexibility index (Phi) is 4.97. The highest BCUT2D eigenvalue weighted by Gasteiger charge is 2.20. The van der Waals surface area contributed by atoms with Crippen LogP contribution in [0.25, 0.3) is 16.9 Å². The number of imidazole rings is 1. The first-order chi connectivity index (χ1) is 12.5. The predicted molar refractivity (Wildman–Crippen MR) is 98.8 cm³/mol. The lowest BCUT2D eigenvalue weighted by molar-refractivity contribution is 0.0787. The summed E-state index contributed by atoms with van der Waals surface area (Å²) in [6, 6.07) is 11.3. The topological polar surface area (TPSA) is 93.6 Å². The number of hydrogen-bond acceptors (Lipinski definition) is 4.